The lowest BCUT2D eigenvalue weighted by atomic mass is 10.1. The molecule has 2 aromatic carbocycles. The van der Waals surface area contributed by atoms with Crippen molar-refractivity contribution in [3.63, 3.8) is 0 Å². The van der Waals surface area contributed by atoms with Gasteiger partial charge in [-0.2, -0.15) is 5.10 Å². The van der Waals surface area contributed by atoms with Crippen LogP contribution in [0.15, 0.2) is 48.5 Å². The van der Waals surface area contributed by atoms with Crippen LogP contribution >= 0.6 is 0 Å². The van der Waals surface area contributed by atoms with Gasteiger partial charge in [-0.1, -0.05) is 30.3 Å². The average molecular weight is 223 g/mol. The molecule has 0 aliphatic rings. The van der Waals surface area contributed by atoms with Crippen molar-refractivity contribution >= 4 is 22.4 Å². The molecule has 0 aliphatic heterocycles. The van der Waals surface area contributed by atoms with Gasteiger partial charge in [0, 0.05) is 11.1 Å². The fraction of sp³-hybridized carbons (Fsp3) is 0.0714. The zero-order valence-electron chi connectivity index (χ0n) is 9.57. The molecule has 0 fully saturated rings. The Morgan fingerprint density at radius 1 is 1.00 bits per heavy atom. The number of nitrogens with one attached hydrogen (secondary N) is 2. The summed E-state index contributed by atoms with van der Waals surface area (Å²) in [6.07, 6.45) is 0. The first-order chi connectivity index (χ1) is 8.34. The van der Waals surface area contributed by atoms with Crippen LogP contribution in [0.25, 0.3) is 10.9 Å². The van der Waals surface area contributed by atoms with E-state index in [9.17, 15) is 0 Å². The van der Waals surface area contributed by atoms with Crippen molar-refractivity contribution in [2.75, 3.05) is 5.32 Å². The molecule has 0 amide bonds. The zero-order chi connectivity index (χ0) is 11.7. The molecular weight excluding hydrogens is 210 g/mol. The van der Waals surface area contributed by atoms with E-state index in [1.807, 2.05) is 36.4 Å². The summed E-state index contributed by atoms with van der Waals surface area (Å²) < 4.78 is 0. The average Bonchev–Trinajstić information content (AvgIpc) is 2.76. The van der Waals surface area contributed by atoms with Gasteiger partial charge in [0.05, 0.1) is 5.52 Å². The smallest absolute Gasteiger partial charge is 0.160 e. The van der Waals surface area contributed by atoms with Gasteiger partial charge >= 0.3 is 0 Å². The minimum atomic E-state index is 0.870. The number of fused-ring (bicyclic) bond motifs is 1. The van der Waals surface area contributed by atoms with Crippen molar-refractivity contribution in [3.05, 3.63) is 54.1 Å². The SMILES string of the molecule is Cc1cccc2c(Nc3ccccc3)n[nH]c12. The van der Waals surface area contributed by atoms with Crippen LogP contribution in [0.1, 0.15) is 5.56 Å². The molecule has 3 aromatic rings. The predicted octanol–water partition coefficient (Wildman–Crippen LogP) is 3.61. The van der Waals surface area contributed by atoms with Crippen LogP contribution in [-0.4, -0.2) is 10.2 Å². The highest BCUT2D eigenvalue weighted by molar-refractivity contribution is 5.93. The summed E-state index contributed by atoms with van der Waals surface area (Å²) in [6, 6.07) is 16.2. The third-order valence-electron chi connectivity index (χ3n) is 2.84. The number of aryl methyl sites for hydroxylation is 1. The maximum absolute atomic E-state index is 4.32. The number of hydrogen-bond acceptors (Lipinski definition) is 2. The van der Waals surface area contributed by atoms with Crippen LogP contribution in [0.3, 0.4) is 0 Å². The van der Waals surface area contributed by atoms with Crippen LogP contribution in [0.4, 0.5) is 11.5 Å². The van der Waals surface area contributed by atoms with Crippen LogP contribution in [0, 0.1) is 6.92 Å². The normalized spacial score (nSPS) is 10.6. The molecule has 3 nitrogen and oxygen atoms in total. The molecule has 0 atom stereocenters. The van der Waals surface area contributed by atoms with Crippen molar-refractivity contribution < 1.29 is 0 Å². The number of rotatable bonds is 2. The largest absolute Gasteiger partial charge is 0.338 e. The van der Waals surface area contributed by atoms with Crippen molar-refractivity contribution in [2.24, 2.45) is 0 Å². The second kappa shape index (κ2) is 3.94. The number of benzene rings is 2. The van der Waals surface area contributed by atoms with Gasteiger partial charge in [0.25, 0.3) is 0 Å². The summed E-state index contributed by atoms with van der Waals surface area (Å²) >= 11 is 0. The fourth-order valence-electron chi connectivity index (χ4n) is 1.94. The third-order valence-corrected chi connectivity index (χ3v) is 2.84. The minimum Gasteiger partial charge on any atom is -0.338 e. The monoisotopic (exact) mass is 223 g/mol. The molecule has 0 bridgehead atoms. The Kier molecular flexibility index (Phi) is 2.29. The predicted molar refractivity (Wildman–Crippen MR) is 70.6 cm³/mol. The lowest BCUT2D eigenvalue weighted by molar-refractivity contribution is 1.11. The number of H-pyrrole nitrogens is 1. The highest BCUT2D eigenvalue weighted by Crippen LogP contribution is 2.25. The van der Waals surface area contributed by atoms with Crippen LogP contribution < -0.4 is 5.32 Å². The molecule has 2 N–H and O–H groups in total. The van der Waals surface area contributed by atoms with Crippen molar-refractivity contribution in [3.8, 4) is 0 Å². The minimum absolute atomic E-state index is 0.870. The van der Waals surface area contributed by atoms with E-state index in [1.54, 1.807) is 0 Å². The van der Waals surface area contributed by atoms with Gasteiger partial charge in [0.1, 0.15) is 0 Å². The number of anilines is 2. The van der Waals surface area contributed by atoms with E-state index in [1.165, 1.54) is 5.56 Å². The van der Waals surface area contributed by atoms with Gasteiger partial charge in [-0.15, -0.1) is 0 Å². The number of aromatic nitrogens is 2. The second-order valence-electron chi connectivity index (χ2n) is 4.06. The topological polar surface area (TPSA) is 40.7 Å². The first-order valence-corrected chi connectivity index (χ1v) is 5.60. The molecule has 17 heavy (non-hydrogen) atoms. The summed E-state index contributed by atoms with van der Waals surface area (Å²) in [6.45, 7) is 2.08. The number of aromatic amines is 1. The van der Waals surface area contributed by atoms with Gasteiger partial charge in [-0.25, -0.2) is 0 Å². The molecule has 1 heterocycles. The van der Waals surface area contributed by atoms with E-state index in [4.69, 9.17) is 0 Å². The summed E-state index contributed by atoms with van der Waals surface area (Å²) in [4.78, 5) is 0. The van der Waals surface area contributed by atoms with E-state index in [-0.39, 0.29) is 0 Å². The Hall–Kier alpha value is -2.29. The Morgan fingerprint density at radius 2 is 1.82 bits per heavy atom. The van der Waals surface area contributed by atoms with Crippen molar-refractivity contribution in [1.82, 2.24) is 10.2 Å². The molecular formula is C14H13N3. The summed E-state index contributed by atoms with van der Waals surface area (Å²) in [5.41, 5.74) is 3.34. The van der Waals surface area contributed by atoms with E-state index in [0.29, 0.717) is 0 Å². The molecule has 3 heteroatoms. The maximum Gasteiger partial charge on any atom is 0.160 e. The van der Waals surface area contributed by atoms with Crippen LogP contribution in [-0.2, 0) is 0 Å². The standard InChI is InChI=1S/C14H13N3/c1-10-6-5-9-12-13(10)16-17-14(12)15-11-7-3-2-4-8-11/h2-9H,1H3,(H2,15,16,17). The number of hydrogen-bond donors (Lipinski definition) is 2. The number of nitrogens with zero attached hydrogens (tertiary/aromatic N) is 1. The Bertz CT molecular complexity index is 641. The van der Waals surface area contributed by atoms with Gasteiger partial charge in [0.15, 0.2) is 5.82 Å². The third kappa shape index (κ3) is 1.76. The van der Waals surface area contributed by atoms with E-state index >= 15 is 0 Å². The molecule has 0 aliphatic carbocycles. The summed E-state index contributed by atoms with van der Waals surface area (Å²) in [5.74, 6) is 0.870. The molecule has 84 valence electrons. The highest BCUT2D eigenvalue weighted by atomic mass is 15.2. The van der Waals surface area contributed by atoms with E-state index in [0.717, 1.165) is 22.4 Å². The van der Waals surface area contributed by atoms with Gasteiger partial charge in [-0.05, 0) is 30.7 Å². The molecule has 0 saturated heterocycles. The summed E-state index contributed by atoms with van der Waals surface area (Å²) in [7, 11) is 0. The molecule has 3 rings (SSSR count). The lowest BCUT2D eigenvalue weighted by Crippen LogP contribution is -1.90. The first kappa shape index (κ1) is 9.90. The molecule has 0 spiro atoms. The van der Waals surface area contributed by atoms with Crippen molar-refractivity contribution in [2.45, 2.75) is 6.92 Å². The quantitative estimate of drug-likeness (QED) is 0.696. The summed E-state index contributed by atoms with van der Waals surface area (Å²) in [5, 5.41) is 11.8. The second-order valence-corrected chi connectivity index (χ2v) is 4.06. The maximum atomic E-state index is 4.32. The zero-order valence-corrected chi connectivity index (χ0v) is 9.57. The van der Waals surface area contributed by atoms with Gasteiger partial charge in [-0.3, -0.25) is 5.10 Å². The Labute approximate surface area is 99.5 Å². The molecule has 0 unspecified atom stereocenters. The highest BCUT2D eigenvalue weighted by Gasteiger charge is 2.06. The Balaban J connectivity index is 2.05. The molecule has 0 saturated carbocycles. The van der Waals surface area contributed by atoms with Gasteiger partial charge < -0.3 is 5.32 Å². The molecule has 1 aromatic heterocycles. The number of para-hydroxylation sites is 2. The van der Waals surface area contributed by atoms with Crippen molar-refractivity contribution in [1.29, 1.82) is 0 Å². The molecule has 0 radical (unpaired) electrons. The van der Waals surface area contributed by atoms with E-state index in [2.05, 4.69) is 34.6 Å². The van der Waals surface area contributed by atoms with E-state index < -0.39 is 0 Å². The Morgan fingerprint density at radius 3 is 2.65 bits per heavy atom. The van der Waals surface area contributed by atoms with Crippen LogP contribution in [0.2, 0.25) is 0 Å². The first-order valence-electron chi connectivity index (χ1n) is 5.60. The van der Waals surface area contributed by atoms with Gasteiger partial charge in [0.2, 0.25) is 0 Å². The fourth-order valence-corrected chi connectivity index (χ4v) is 1.94. The van der Waals surface area contributed by atoms with Crippen LogP contribution in [0.5, 0.6) is 0 Å². The lowest BCUT2D eigenvalue weighted by Gasteiger charge is -2.02.